The largest absolute Gasteiger partial charge is 0.392 e. The van der Waals surface area contributed by atoms with Gasteiger partial charge < -0.3 is 5.11 Å². The monoisotopic (exact) mass is 204 g/mol. The second kappa shape index (κ2) is 3.54. The first-order chi connectivity index (χ1) is 4.81. The molecule has 0 aromatic rings. The Morgan fingerprint density at radius 1 is 1.60 bits per heavy atom. The Kier molecular flexibility index (Phi) is 2.93. The summed E-state index contributed by atoms with van der Waals surface area (Å²) in [6.45, 7) is 2.37. The molecule has 1 rings (SSSR count). The molecule has 0 radical (unpaired) electrons. The predicted molar refractivity (Wildman–Crippen MR) is 46.2 cm³/mol. The third-order valence-corrected chi connectivity index (χ3v) is 3.35. The molecule has 0 bridgehead atoms. The molecule has 0 amide bonds. The van der Waals surface area contributed by atoms with Gasteiger partial charge in [-0.2, -0.15) is 0 Å². The van der Waals surface area contributed by atoms with E-state index in [0.717, 1.165) is 5.92 Å². The molecule has 1 N–H and O–H groups in total. The van der Waals surface area contributed by atoms with Gasteiger partial charge in [0.05, 0.1) is 6.61 Å². The number of rotatable bonds is 3. The van der Waals surface area contributed by atoms with Gasteiger partial charge in [0, 0.05) is 4.83 Å². The molecule has 10 heavy (non-hydrogen) atoms. The van der Waals surface area contributed by atoms with E-state index in [0.29, 0.717) is 10.7 Å². The second-order valence-electron chi connectivity index (χ2n) is 2.70. The molecule has 2 heteroatoms. The summed E-state index contributed by atoms with van der Waals surface area (Å²) < 4.78 is 0. The highest BCUT2D eigenvalue weighted by molar-refractivity contribution is 9.09. The van der Waals surface area contributed by atoms with E-state index in [1.807, 2.05) is 6.08 Å². The van der Waals surface area contributed by atoms with Crippen LogP contribution in [0.15, 0.2) is 12.2 Å². The predicted octanol–water partition coefficient (Wildman–Crippen LogP) is 1.95. The molecule has 0 aliphatic heterocycles. The lowest BCUT2D eigenvalue weighted by atomic mass is 10.2. The summed E-state index contributed by atoms with van der Waals surface area (Å²) in [5.41, 5.74) is 0. The van der Waals surface area contributed by atoms with Crippen molar-refractivity contribution >= 4 is 15.9 Å². The van der Waals surface area contributed by atoms with Gasteiger partial charge in [-0.15, -0.1) is 0 Å². The fourth-order valence-corrected chi connectivity index (χ4v) is 2.44. The molecule has 0 spiro atoms. The van der Waals surface area contributed by atoms with Crippen LogP contribution in [-0.2, 0) is 0 Å². The molecule has 0 aromatic carbocycles. The summed E-state index contributed by atoms with van der Waals surface area (Å²) in [6.07, 6.45) is 5.17. The van der Waals surface area contributed by atoms with E-state index in [-0.39, 0.29) is 6.61 Å². The van der Waals surface area contributed by atoms with Gasteiger partial charge in [-0.3, -0.25) is 0 Å². The van der Waals surface area contributed by atoms with E-state index < -0.39 is 0 Å². The van der Waals surface area contributed by atoms with Crippen LogP contribution in [0.5, 0.6) is 0 Å². The quantitative estimate of drug-likeness (QED) is 0.551. The maximum atomic E-state index is 8.49. The smallest absolute Gasteiger partial charge is 0.0612 e. The van der Waals surface area contributed by atoms with Crippen LogP contribution in [0.2, 0.25) is 0 Å². The van der Waals surface area contributed by atoms with Crippen LogP contribution >= 0.6 is 15.9 Å². The van der Waals surface area contributed by atoms with E-state index in [4.69, 9.17) is 5.11 Å². The van der Waals surface area contributed by atoms with Crippen molar-refractivity contribution in [2.24, 2.45) is 11.8 Å². The normalized spacial score (nSPS) is 38.9. The van der Waals surface area contributed by atoms with Crippen molar-refractivity contribution in [3.63, 3.8) is 0 Å². The van der Waals surface area contributed by atoms with Gasteiger partial charge in [-0.25, -0.2) is 0 Å². The summed E-state index contributed by atoms with van der Waals surface area (Å²) in [6, 6.07) is 0. The van der Waals surface area contributed by atoms with Gasteiger partial charge in [0.25, 0.3) is 0 Å². The maximum absolute atomic E-state index is 8.49. The average Bonchev–Trinajstić information content (AvgIpc) is 2.56. The first-order valence-corrected chi connectivity index (χ1v) is 4.64. The summed E-state index contributed by atoms with van der Waals surface area (Å²) in [7, 11) is 0. The van der Waals surface area contributed by atoms with Gasteiger partial charge >= 0.3 is 0 Å². The van der Waals surface area contributed by atoms with E-state index >= 15 is 0 Å². The lowest BCUT2D eigenvalue weighted by molar-refractivity contribution is 0.342. The number of aliphatic hydroxyl groups is 1. The molecule has 58 valence electrons. The molecular formula is C8H13BrO. The Morgan fingerprint density at radius 2 is 2.30 bits per heavy atom. The first-order valence-electron chi connectivity index (χ1n) is 3.72. The number of hydrogen-bond acceptors (Lipinski definition) is 1. The van der Waals surface area contributed by atoms with Gasteiger partial charge in [0.1, 0.15) is 0 Å². The Balaban J connectivity index is 2.27. The minimum atomic E-state index is 0.173. The molecule has 0 unspecified atom stereocenters. The van der Waals surface area contributed by atoms with Crippen LogP contribution < -0.4 is 0 Å². The second-order valence-corrected chi connectivity index (χ2v) is 3.76. The Morgan fingerprint density at radius 3 is 2.70 bits per heavy atom. The summed E-state index contributed by atoms with van der Waals surface area (Å²) in [4.78, 5) is 0.667. The van der Waals surface area contributed by atoms with Crippen LogP contribution in [0.25, 0.3) is 0 Å². The van der Waals surface area contributed by atoms with Crippen molar-refractivity contribution in [2.75, 3.05) is 6.61 Å². The SMILES string of the molecule is CC[C@H]1[C@@H](Br)[C@H]1/C=C/CO. The van der Waals surface area contributed by atoms with E-state index in [1.165, 1.54) is 6.42 Å². The molecule has 0 heterocycles. The van der Waals surface area contributed by atoms with Crippen LogP contribution in [-0.4, -0.2) is 16.5 Å². The highest BCUT2D eigenvalue weighted by atomic mass is 79.9. The van der Waals surface area contributed by atoms with Crippen LogP contribution in [0, 0.1) is 11.8 Å². The van der Waals surface area contributed by atoms with Crippen molar-refractivity contribution < 1.29 is 5.11 Å². The molecule has 1 nitrogen and oxygen atoms in total. The third kappa shape index (κ3) is 1.61. The highest BCUT2D eigenvalue weighted by Crippen LogP contribution is 2.48. The third-order valence-electron chi connectivity index (χ3n) is 2.07. The van der Waals surface area contributed by atoms with Crippen LogP contribution in [0.1, 0.15) is 13.3 Å². The van der Waals surface area contributed by atoms with E-state index in [9.17, 15) is 0 Å². The van der Waals surface area contributed by atoms with Gasteiger partial charge in [-0.05, 0) is 11.8 Å². The lowest BCUT2D eigenvalue weighted by Crippen LogP contribution is -1.76. The zero-order valence-electron chi connectivity index (χ0n) is 6.13. The van der Waals surface area contributed by atoms with Crippen molar-refractivity contribution in [1.29, 1.82) is 0 Å². The van der Waals surface area contributed by atoms with Gasteiger partial charge in [0.2, 0.25) is 0 Å². The Hall–Kier alpha value is 0.180. The standard InChI is InChI=1S/C8H13BrO/c1-2-6-7(8(6)9)4-3-5-10/h3-4,6-8,10H,2,5H2,1H3/b4-3+/t6-,7+,8-/m1/s1. The number of halogens is 1. The number of allylic oxidation sites excluding steroid dienone is 1. The topological polar surface area (TPSA) is 20.2 Å². The molecule has 0 saturated heterocycles. The van der Waals surface area contributed by atoms with Crippen LogP contribution in [0.4, 0.5) is 0 Å². The van der Waals surface area contributed by atoms with Gasteiger partial charge in [-0.1, -0.05) is 41.4 Å². The highest BCUT2D eigenvalue weighted by Gasteiger charge is 2.44. The Bertz CT molecular complexity index is 133. The van der Waals surface area contributed by atoms with Crippen molar-refractivity contribution in [3.05, 3.63) is 12.2 Å². The fourth-order valence-electron chi connectivity index (χ4n) is 1.32. The first kappa shape index (κ1) is 8.28. The number of hydrogen-bond donors (Lipinski definition) is 1. The van der Waals surface area contributed by atoms with Gasteiger partial charge in [0.15, 0.2) is 0 Å². The summed E-state index contributed by atoms with van der Waals surface area (Å²) in [5.74, 6) is 1.49. The molecule has 0 aromatic heterocycles. The minimum Gasteiger partial charge on any atom is -0.392 e. The maximum Gasteiger partial charge on any atom is 0.0612 e. The molecular weight excluding hydrogens is 192 g/mol. The Labute approximate surface area is 70.3 Å². The van der Waals surface area contributed by atoms with Crippen molar-refractivity contribution in [1.82, 2.24) is 0 Å². The zero-order valence-corrected chi connectivity index (χ0v) is 7.71. The lowest BCUT2D eigenvalue weighted by Gasteiger charge is -1.83. The van der Waals surface area contributed by atoms with E-state index in [2.05, 4.69) is 28.9 Å². The van der Waals surface area contributed by atoms with Crippen molar-refractivity contribution in [3.8, 4) is 0 Å². The number of alkyl halides is 1. The molecule has 1 aliphatic rings. The average molecular weight is 205 g/mol. The number of aliphatic hydroxyl groups excluding tert-OH is 1. The summed E-state index contributed by atoms with van der Waals surface area (Å²) >= 11 is 3.57. The fraction of sp³-hybridized carbons (Fsp3) is 0.750. The molecule has 1 fully saturated rings. The minimum absolute atomic E-state index is 0.173. The summed E-state index contributed by atoms with van der Waals surface area (Å²) in [5, 5.41) is 8.49. The molecule has 1 aliphatic carbocycles. The molecule has 1 saturated carbocycles. The van der Waals surface area contributed by atoms with E-state index in [1.54, 1.807) is 0 Å². The van der Waals surface area contributed by atoms with Crippen LogP contribution in [0.3, 0.4) is 0 Å². The molecule has 3 atom stereocenters. The zero-order chi connectivity index (χ0) is 7.56. The van der Waals surface area contributed by atoms with Crippen molar-refractivity contribution in [2.45, 2.75) is 18.2 Å².